The number of halogens is 3. The highest BCUT2D eigenvalue weighted by atomic mass is 32.2. The van der Waals surface area contributed by atoms with Crippen molar-refractivity contribution in [3.8, 4) is 0 Å². The lowest BCUT2D eigenvalue weighted by atomic mass is 10.3. The summed E-state index contributed by atoms with van der Waals surface area (Å²) in [4.78, 5) is 12.3. The highest BCUT2D eigenvalue weighted by molar-refractivity contribution is 7.92. The monoisotopic (exact) mass is 338 g/mol. The summed E-state index contributed by atoms with van der Waals surface area (Å²) in [6.07, 6.45) is 0. The second-order valence-corrected chi connectivity index (χ2v) is 6.72. The summed E-state index contributed by atoms with van der Waals surface area (Å²) in [5.74, 6) is 0. The van der Waals surface area contributed by atoms with Crippen LogP contribution in [0.25, 0.3) is 0 Å². The maximum atomic E-state index is 12.6. The molecule has 2 rings (SSSR count). The van der Waals surface area contributed by atoms with Gasteiger partial charge >= 0.3 is 10.4 Å². The molecule has 0 saturated heterocycles. The number of sulfone groups is 1. The molecule has 0 aliphatic heterocycles. The lowest BCUT2D eigenvalue weighted by Crippen LogP contribution is -2.24. The van der Waals surface area contributed by atoms with Crippen molar-refractivity contribution in [2.45, 2.75) is 16.9 Å². The Hall–Kier alpha value is -1.81. The number of para-hydroxylation sites is 1. The Bertz CT molecular complexity index is 793. The number of aromatic nitrogens is 1. The molecular weight excluding hydrogens is 329 g/mol. The molecule has 21 heavy (non-hydrogen) atoms. The number of nitrogens with one attached hydrogen (secondary N) is 2. The van der Waals surface area contributed by atoms with E-state index in [-0.39, 0.29) is 17.1 Å². The van der Waals surface area contributed by atoms with Crippen molar-refractivity contribution < 1.29 is 21.6 Å². The lowest BCUT2D eigenvalue weighted by molar-refractivity contribution is -0.0435. The molecule has 5 nitrogen and oxygen atoms in total. The zero-order valence-electron chi connectivity index (χ0n) is 10.3. The van der Waals surface area contributed by atoms with Crippen molar-refractivity contribution in [3.63, 3.8) is 0 Å². The molecule has 0 radical (unpaired) electrons. The van der Waals surface area contributed by atoms with Gasteiger partial charge in [-0.1, -0.05) is 23.5 Å². The molecule has 0 fully saturated rings. The van der Waals surface area contributed by atoms with Crippen LogP contribution in [0.15, 0.2) is 39.3 Å². The Kier molecular flexibility index (Phi) is 4.10. The van der Waals surface area contributed by atoms with Crippen molar-refractivity contribution in [2.24, 2.45) is 0 Å². The first-order valence-corrected chi connectivity index (χ1v) is 7.89. The Balaban J connectivity index is 2.32. The predicted molar refractivity (Wildman–Crippen MR) is 71.9 cm³/mol. The minimum absolute atomic E-state index is 0.00311. The molecule has 1 aromatic carbocycles. The Labute approximate surface area is 121 Å². The van der Waals surface area contributed by atoms with E-state index in [0.29, 0.717) is 5.69 Å². The molecule has 0 bridgehead atoms. The standard InChI is InChI=1S/C11H9F3N2O3S2/c12-11(13,14)21(18,19)9-4-2-1-3-8(9)15-5-7-6-20-10(17)16-7/h1-4,6,15H,5H2,(H,16,17). The van der Waals surface area contributed by atoms with Gasteiger partial charge in [0.1, 0.15) is 0 Å². The zero-order chi connectivity index (χ0) is 15.7. The van der Waals surface area contributed by atoms with Gasteiger partial charge < -0.3 is 10.3 Å². The van der Waals surface area contributed by atoms with E-state index in [0.717, 1.165) is 17.4 Å². The van der Waals surface area contributed by atoms with Crippen LogP contribution in [0.1, 0.15) is 5.69 Å². The van der Waals surface area contributed by atoms with Crippen LogP contribution in [0.5, 0.6) is 0 Å². The van der Waals surface area contributed by atoms with Crippen LogP contribution in [0.4, 0.5) is 18.9 Å². The third-order valence-corrected chi connectivity index (χ3v) is 4.78. The first-order chi connectivity index (χ1) is 9.72. The number of thiazole rings is 1. The van der Waals surface area contributed by atoms with E-state index in [9.17, 15) is 26.4 Å². The smallest absolute Gasteiger partial charge is 0.378 e. The van der Waals surface area contributed by atoms with Gasteiger partial charge in [-0.3, -0.25) is 4.79 Å². The SMILES string of the molecule is O=c1[nH]c(CNc2ccccc2S(=O)(=O)C(F)(F)F)cs1. The zero-order valence-corrected chi connectivity index (χ0v) is 11.9. The van der Waals surface area contributed by atoms with E-state index in [1.165, 1.54) is 23.6 Å². The molecule has 0 aliphatic rings. The summed E-state index contributed by atoms with van der Waals surface area (Å²) < 4.78 is 60.8. The van der Waals surface area contributed by atoms with Crippen LogP contribution >= 0.6 is 11.3 Å². The van der Waals surface area contributed by atoms with Crippen LogP contribution in [0.3, 0.4) is 0 Å². The highest BCUT2D eigenvalue weighted by Crippen LogP contribution is 2.34. The summed E-state index contributed by atoms with van der Waals surface area (Å²) in [5, 5.41) is 4.07. The van der Waals surface area contributed by atoms with E-state index in [1.807, 2.05) is 0 Å². The van der Waals surface area contributed by atoms with Gasteiger partial charge in [-0.25, -0.2) is 8.42 Å². The molecule has 0 atom stereocenters. The second kappa shape index (κ2) is 5.53. The first-order valence-electron chi connectivity index (χ1n) is 5.53. The first kappa shape index (κ1) is 15.6. The third-order valence-electron chi connectivity index (χ3n) is 2.52. The average Bonchev–Trinajstić information content (AvgIpc) is 2.81. The average molecular weight is 338 g/mol. The van der Waals surface area contributed by atoms with Crippen LogP contribution in [0.2, 0.25) is 0 Å². The molecule has 0 unspecified atom stereocenters. The van der Waals surface area contributed by atoms with Crippen LogP contribution < -0.4 is 10.2 Å². The highest BCUT2D eigenvalue weighted by Gasteiger charge is 2.47. The van der Waals surface area contributed by atoms with Gasteiger partial charge in [-0.15, -0.1) is 0 Å². The van der Waals surface area contributed by atoms with Gasteiger partial charge in [0.25, 0.3) is 9.84 Å². The Morgan fingerprint density at radius 3 is 2.48 bits per heavy atom. The van der Waals surface area contributed by atoms with Gasteiger partial charge in [-0.2, -0.15) is 13.2 Å². The molecule has 2 aromatic rings. The largest absolute Gasteiger partial charge is 0.501 e. The van der Waals surface area contributed by atoms with E-state index < -0.39 is 20.2 Å². The van der Waals surface area contributed by atoms with Crippen molar-refractivity contribution in [3.05, 3.63) is 45.0 Å². The Morgan fingerprint density at radius 2 is 1.90 bits per heavy atom. The minimum atomic E-state index is -5.44. The van der Waals surface area contributed by atoms with E-state index in [4.69, 9.17) is 0 Å². The fraction of sp³-hybridized carbons (Fsp3) is 0.182. The molecule has 0 spiro atoms. The minimum Gasteiger partial charge on any atom is -0.378 e. The number of anilines is 1. The fourth-order valence-corrected chi connectivity index (χ4v) is 3.08. The normalized spacial score (nSPS) is 12.3. The van der Waals surface area contributed by atoms with E-state index in [2.05, 4.69) is 10.3 Å². The Morgan fingerprint density at radius 1 is 1.24 bits per heavy atom. The third kappa shape index (κ3) is 3.27. The number of hydrogen-bond donors (Lipinski definition) is 2. The van der Waals surface area contributed by atoms with Gasteiger partial charge in [0.2, 0.25) is 0 Å². The number of H-pyrrole nitrogens is 1. The van der Waals surface area contributed by atoms with Gasteiger partial charge in [0.15, 0.2) is 0 Å². The molecule has 10 heteroatoms. The summed E-state index contributed by atoms with van der Waals surface area (Å²) in [7, 11) is -5.44. The second-order valence-electron chi connectivity index (χ2n) is 3.97. The summed E-state index contributed by atoms with van der Waals surface area (Å²) in [5.41, 5.74) is -5.10. The van der Waals surface area contributed by atoms with Crippen LogP contribution in [-0.4, -0.2) is 18.9 Å². The summed E-state index contributed by atoms with van der Waals surface area (Å²) >= 11 is 0.904. The molecular formula is C11H9F3N2O3S2. The molecule has 114 valence electrons. The quantitative estimate of drug-likeness (QED) is 0.897. The van der Waals surface area contributed by atoms with Gasteiger partial charge in [0, 0.05) is 11.1 Å². The number of benzene rings is 1. The number of alkyl halides is 3. The van der Waals surface area contributed by atoms with Crippen LogP contribution in [-0.2, 0) is 16.4 Å². The predicted octanol–water partition coefficient (Wildman–Crippen LogP) is 2.34. The van der Waals surface area contributed by atoms with Crippen molar-refractivity contribution in [2.75, 3.05) is 5.32 Å². The van der Waals surface area contributed by atoms with Crippen LogP contribution in [0, 0.1) is 0 Å². The molecule has 0 saturated carbocycles. The maximum absolute atomic E-state index is 12.6. The van der Waals surface area contributed by atoms with E-state index >= 15 is 0 Å². The van der Waals surface area contributed by atoms with Gasteiger partial charge in [-0.05, 0) is 12.1 Å². The summed E-state index contributed by atoms with van der Waals surface area (Å²) in [6, 6.07) is 4.72. The molecule has 0 aliphatic carbocycles. The van der Waals surface area contributed by atoms with Crippen molar-refractivity contribution >= 4 is 26.9 Å². The fourth-order valence-electron chi connectivity index (χ4n) is 1.56. The van der Waals surface area contributed by atoms with Crippen molar-refractivity contribution in [1.82, 2.24) is 4.98 Å². The topological polar surface area (TPSA) is 79.0 Å². The molecule has 0 amide bonds. The molecule has 1 heterocycles. The molecule has 1 aromatic heterocycles. The van der Waals surface area contributed by atoms with Gasteiger partial charge in [0.05, 0.1) is 17.1 Å². The number of aromatic amines is 1. The number of hydrogen-bond acceptors (Lipinski definition) is 5. The summed E-state index contributed by atoms with van der Waals surface area (Å²) in [6.45, 7) is 0.00311. The number of rotatable bonds is 4. The molecule has 2 N–H and O–H groups in total. The lowest BCUT2D eigenvalue weighted by Gasteiger charge is -2.13. The van der Waals surface area contributed by atoms with Crippen molar-refractivity contribution in [1.29, 1.82) is 0 Å². The van der Waals surface area contributed by atoms with E-state index in [1.54, 1.807) is 0 Å². The maximum Gasteiger partial charge on any atom is 0.501 e.